The van der Waals surface area contributed by atoms with Crippen LogP contribution < -0.4 is 0 Å². The molecule has 0 amide bonds. The first-order valence-corrected chi connectivity index (χ1v) is 8.16. The number of hydrogen-bond acceptors (Lipinski definition) is 5. The molecule has 0 aliphatic rings. The van der Waals surface area contributed by atoms with Gasteiger partial charge in [0.05, 0.1) is 21.9 Å². The van der Waals surface area contributed by atoms with E-state index in [1.165, 1.54) is 4.21 Å². The van der Waals surface area contributed by atoms with E-state index in [1.807, 2.05) is 13.1 Å². The van der Waals surface area contributed by atoms with Crippen molar-refractivity contribution in [3.63, 3.8) is 0 Å². The predicted octanol–water partition coefficient (Wildman–Crippen LogP) is 4.79. The first kappa shape index (κ1) is 14.1. The Bertz CT molecular complexity index is 543. The molecule has 98 valence electrons. The Labute approximate surface area is 124 Å². The average Bonchev–Trinajstić information content (AvgIpc) is 2.81. The number of rotatable bonds is 3. The van der Waals surface area contributed by atoms with E-state index in [9.17, 15) is 0 Å². The SMILES string of the molecule is Cc1nc(Br)sc1SCc1ncc(C(C)(C)C)o1. The van der Waals surface area contributed by atoms with E-state index in [1.54, 1.807) is 23.1 Å². The van der Waals surface area contributed by atoms with Crippen LogP contribution in [0.2, 0.25) is 0 Å². The Hall–Kier alpha value is -0.330. The molecule has 0 aromatic carbocycles. The van der Waals surface area contributed by atoms with E-state index in [0.717, 1.165) is 27.0 Å². The molecule has 0 radical (unpaired) electrons. The molecular formula is C12H15BrN2OS2. The minimum absolute atomic E-state index is 0.0132. The third-order valence-corrected chi connectivity index (χ3v) is 5.30. The van der Waals surface area contributed by atoms with Gasteiger partial charge in [0.25, 0.3) is 0 Å². The Morgan fingerprint density at radius 3 is 2.67 bits per heavy atom. The molecule has 6 heteroatoms. The molecule has 0 aliphatic carbocycles. The Morgan fingerprint density at radius 2 is 2.17 bits per heavy atom. The highest BCUT2D eigenvalue weighted by atomic mass is 79.9. The van der Waals surface area contributed by atoms with E-state index >= 15 is 0 Å². The van der Waals surface area contributed by atoms with Crippen LogP contribution in [0.5, 0.6) is 0 Å². The van der Waals surface area contributed by atoms with Crippen molar-refractivity contribution in [2.45, 2.75) is 43.1 Å². The molecule has 18 heavy (non-hydrogen) atoms. The second-order valence-electron chi connectivity index (χ2n) is 5.00. The molecule has 0 unspecified atom stereocenters. The summed E-state index contributed by atoms with van der Waals surface area (Å²) in [5.41, 5.74) is 1.07. The molecule has 0 fully saturated rings. The summed E-state index contributed by atoms with van der Waals surface area (Å²) >= 11 is 6.75. The second kappa shape index (κ2) is 5.35. The number of hydrogen-bond donors (Lipinski definition) is 0. The van der Waals surface area contributed by atoms with E-state index in [-0.39, 0.29) is 5.41 Å². The lowest BCUT2D eigenvalue weighted by molar-refractivity contribution is 0.391. The van der Waals surface area contributed by atoms with Gasteiger partial charge in [0.1, 0.15) is 5.76 Å². The van der Waals surface area contributed by atoms with E-state index < -0.39 is 0 Å². The van der Waals surface area contributed by atoms with Crippen molar-refractivity contribution in [1.29, 1.82) is 0 Å². The van der Waals surface area contributed by atoms with Crippen LogP contribution in [0.1, 0.15) is 38.1 Å². The van der Waals surface area contributed by atoms with Crippen LogP contribution >= 0.6 is 39.0 Å². The van der Waals surface area contributed by atoms with Gasteiger partial charge in [-0.05, 0) is 22.9 Å². The molecule has 0 N–H and O–H groups in total. The molecule has 0 aliphatic heterocycles. The maximum atomic E-state index is 5.76. The van der Waals surface area contributed by atoms with Crippen LogP contribution in [-0.2, 0) is 11.2 Å². The monoisotopic (exact) mass is 346 g/mol. The molecule has 2 aromatic rings. The van der Waals surface area contributed by atoms with Crippen LogP contribution in [0, 0.1) is 6.92 Å². The van der Waals surface area contributed by atoms with Gasteiger partial charge in [0, 0.05) is 5.41 Å². The van der Waals surface area contributed by atoms with Crippen LogP contribution in [0.3, 0.4) is 0 Å². The van der Waals surface area contributed by atoms with Gasteiger partial charge >= 0.3 is 0 Å². The molecular weight excluding hydrogens is 332 g/mol. The molecule has 0 saturated carbocycles. The normalized spacial score (nSPS) is 12.1. The number of aryl methyl sites for hydroxylation is 1. The predicted molar refractivity (Wildman–Crippen MR) is 79.3 cm³/mol. The van der Waals surface area contributed by atoms with Crippen molar-refractivity contribution in [2.24, 2.45) is 0 Å². The smallest absolute Gasteiger partial charge is 0.204 e. The van der Waals surface area contributed by atoms with Crippen molar-refractivity contribution in [3.8, 4) is 0 Å². The van der Waals surface area contributed by atoms with Gasteiger partial charge in [-0.2, -0.15) is 0 Å². The molecule has 2 aromatic heterocycles. The molecule has 3 nitrogen and oxygen atoms in total. The standard InChI is InChI=1S/C12H15BrN2OS2/c1-7-10(18-11(13)15-7)17-6-9-14-5-8(16-9)12(2,3)4/h5H,6H2,1-4H3. The van der Waals surface area contributed by atoms with Crippen LogP contribution in [-0.4, -0.2) is 9.97 Å². The summed E-state index contributed by atoms with van der Waals surface area (Å²) in [5.74, 6) is 2.44. The van der Waals surface area contributed by atoms with Crippen molar-refractivity contribution in [1.82, 2.24) is 9.97 Å². The third kappa shape index (κ3) is 3.36. The van der Waals surface area contributed by atoms with Gasteiger partial charge in [0.15, 0.2) is 3.92 Å². The van der Waals surface area contributed by atoms with Gasteiger partial charge in [-0.1, -0.05) is 20.8 Å². The molecule has 0 bridgehead atoms. The van der Waals surface area contributed by atoms with E-state index in [2.05, 4.69) is 46.7 Å². The quantitative estimate of drug-likeness (QED) is 0.748. The summed E-state index contributed by atoms with van der Waals surface area (Å²) in [7, 11) is 0. The molecule has 0 saturated heterocycles. The van der Waals surface area contributed by atoms with Gasteiger partial charge in [-0.25, -0.2) is 9.97 Å². The number of thioether (sulfide) groups is 1. The number of nitrogens with zero attached hydrogens (tertiary/aromatic N) is 2. The highest BCUT2D eigenvalue weighted by molar-refractivity contribution is 9.11. The zero-order chi connectivity index (χ0) is 13.3. The molecule has 0 atom stereocenters. The van der Waals surface area contributed by atoms with Crippen LogP contribution in [0.4, 0.5) is 0 Å². The molecule has 2 rings (SSSR count). The fourth-order valence-electron chi connectivity index (χ4n) is 1.34. The summed E-state index contributed by atoms with van der Waals surface area (Å²) in [6.07, 6.45) is 1.82. The third-order valence-electron chi connectivity index (χ3n) is 2.35. The number of oxazole rings is 1. The summed E-state index contributed by atoms with van der Waals surface area (Å²) in [5, 5.41) is 0. The maximum Gasteiger partial charge on any atom is 0.204 e. The fourth-order valence-corrected chi connectivity index (χ4v) is 4.23. The minimum Gasteiger partial charge on any atom is -0.444 e. The second-order valence-corrected chi connectivity index (χ2v) is 8.52. The Balaban J connectivity index is 2.03. The first-order valence-electron chi connectivity index (χ1n) is 5.57. The maximum absolute atomic E-state index is 5.76. The minimum atomic E-state index is 0.0132. The van der Waals surface area contributed by atoms with Gasteiger partial charge in [-0.3, -0.25) is 0 Å². The summed E-state index contributed by atoms with van der Waals surface area (Å²) < 4.78 is 7.88. The molecule has 0 spiro atoms. The molecule has 2 heterocycles. The van der Waals surface area contributed by atoms with Gasteiger partial charge in [-0.15, -0.1) is 23.1 Å². The summed E-state index contributed by atoms with van der Waals surface area (Å²) in [6, 6.07) is 0. The first-order chi connectivity index (χ1) is 8.36. The fraction of sp³-hybridized carbons (Fsp3) is 0.500. The highest BCUT2D eigenvalue weighted by Gasteiger charge is 2.19. The van der Waals surface area contributed by atoms with Crippen molar-refractivity contribution < 1.29 is 4.42 Å². The topological polar surface area (TPSA) is 38.9 Å². The zero-order valence-electron chi connectivity index (χ0n) is 10.8. The van der Waals surface area contributed by atoms with E-state index in [0.29, 0.717) is 0 Å². The van der Waals surface area contributed by atoms with Gasteiger partial charge < -0.3 is 4.42 Å². The van der Waals surface area contributed by atoms with Crippen LogP contribution in [0.25, 0.3) is 0 Å². The lowest BCUT2D eigenvalue weighted by atomic mass is 9.94. The van der Waals surface area contributed by atoms with Crippen molar-refractivity contribution >= 4 is 39.0 Å². The average molecular weight is 347 g/mol. The Kier molecular flexibility index (Phi) is 4.18. The van der Waals surface area contributed by atoms with Crippen LogP contribution in [0.15, 0.2) is 18.7 Å². The number of thiazole rings is 1. The Morgan fingerprint density at radius 1 is 1.44 bits per heavy atom. The zero-order valence-corrected chi connectivity index (χ0v) is 14.0. The summed E-state index contributed by atoms with van der Waals surface area (Å²) in [4.78, 5) is 8.65. The lowest BCUT2D eigenvalue weighted by Gasteiger charge is -2.12. The largest absolute Gasteiger partial charge is 0.444 e. The number of halogens is 1. The highest BCUT2D eigenvalue weighted by Crippen LogP contribution is 2.34. The number of aromatic nitrogens is 2. The lowest BCUT2D eigenvalue weighted by Crippen LogP contribution is -2.09. The summed E-state index contributed by atoms with van der Waals surface area (Å²) in [6.45, 7) is 8.37. The van der Waals surface area contributed by atoms with Crippen molar-refractivity contribution in [2.75, 3.05) is 0 Å². The van der Waals surface area contributed by atoms with Gasteiger partial charge in [0.2, 0.25) is 5.89 Å². The van der Waals surface area contributed by atoms with E-state index in [4.69, 9.17) is 4.42 Å². The van der Waals surface area contributed by atoms with Crippen molar-refractivity contribution in [3.05, 3.63) is 27.5 Å².